The average molecular weight is 312 g/mol. The number of carbonyl (C=O) groups is 5. The molecule has 0 rings (SSSR count). The summed E-state index contributed by atoms with van der Waals surface area (Å²) in [5.41, 5.74) is 0. The summed E-state index contributed by atoms with van der Waals surface area (Å²) >= 11 is 0. The average Bonchev–Trinajstić information content (AvgIpc) is 2.49. The van der Waals surface area contributed by atoms with E-state index in [-0.39, 0.29) is 25.2 Å². The minimum absolute atomic E-state index is 0.0203. The van der Waals surface area contributed by atoms with Gasteiger partial charge in [-0.05, 0) is 12.5 Å². The van der Waals surface area contributed by atoms with Gasteiger partial charge in [-0.25, -0.2) is 4.79 Å². The molecule has 0 aliphatic rings. The van der Waals surface area contributed by atoms with Crippen molar-refractivity contribution in [2.45, 2.75) is 25.7 Å². The van der Waals surface area contributed by atoms with Crippen LogP contribution in [0.5, 0.6) is 0 Å². The van der Waals surface area contributed by atoms with Crippen molar-refractivity contribution in [3.63, 3.8) is 0 Å². The van der Waals surface area contributed by atoms with E-state index in [9.17, 15) is 24.0 Å². The van der Waals surface area contributed by atoms with Crippen LogP contribution in [0.4, 0.5) is 0 Å². The Morgan fingerprint density at radius 2 is 1.77 bits per heavy atom. The van der Waals surface area contributed by atoms with E-state index < -0.39 is 11.9 Å². The van der Waals surface area contributed by atoms with Gasteiger partial charge in [0, 0.05) is 46.0 Å². The summed E-state index contributed by atoms with van der Waals surface area (Å²) in [7, 11) is 2.84. The smallest absolute Gasteiger partial charge is 0.332 e. The van der Waals surface area contributed by atoms with Gasteiger partial charge in [-0.1, -0.05) is 0 Å². The molecule has 0 aromatic heterocycles. The number of aldehydes is 2. The fourth-order valence-electron chi connectivity index (χ4n) is 1.41. The van der Waals surface area contributed by atoms with Gasteiger partial charge in [-0.2, -0.15) is 5.06 Å². The van der Waals surface area contributed by atoms with Gasteiger partial charge in [-0.15, -0.1) is 0 Å². The highest BCUT2D eigenvalue weighted by molar-refractivity contribution is 5.90. The Morgan fingerprint density at radius 1 is 1.09 bits per heavy atom. The van der Waals surface area contributed by atoms with Crippen molar-refractivity contribution >= 4 is 30.4 Å². The zero-order chi connectivity index (χ0) is 17.0. The van der Waals surface area contributed by atoms with Crippen molar-refractivity contribution in [1.82, 2.24) is 9.96 Å². The molecule has 2 amide bonds. The van der Waals surface area contributed by atoms with E-state index in [1.807, 2.05) is 0 Å². The van der Waals surface area contributed by atoms with Crippen molar-refractivity contribution in [3.8, 4) is 0 Å². The monoisotopic (exact) mass is 312 g/mol. The predicted molar refractivity (Wildman–Crippen MR) is 76.2 cm³/mol. The molecule has 122 valence electrons. The fraction of sp³-hybridized carbons (Fsp3) is 0.500. The Hall–Kier alpha value is -2.51. The minimum Gasteiger partial charge on any atom is -0.342 e. The third-order valence-electron chi connectivity index (χ3n) is 2.63. The van der Waals surface area contributed by atoms with Gasteiger partial charge < -0.3 is 14.5 Å². The normalized spacial score (nSPS) is 10.1. The quantitative estimate of drug-likeness (QED) is 0.334. The fourth-order valence-corrected chi connectivity index (χ4v) is 1.41. The van der Waals surface area contributed by atoms with Crippen LogP contribution in [0.15, 0.2) is 12.2 Å². The van der Waals surface area contributed by atoms with Gasteiger partial charge in [0.1, 0.15) is 12.6 Å². The molecule has 22 heavy (non-hydrogen) atoms. The second-order valence-electron chi connectivity index (χ2n) is 4.42. The second-order valence-corrected chi connectivity index (χ2v) is 4.42. The number of amides is 2. The summed E-state index contributed by atoms with van der Waals surface area (Å²) in [6, 6.07) is 0. The topological polar surface area (TPSA) is 101 Å². The molecule has 0 N–H and O–H groups in total. The summed E-state index contributed by atoms with van der Waals surface area (Å²) in [6.45, 7) is 0.305. The molecule has 0 aliphatic carbocycles. The molecule has 0 saturated carbocycles. The largest absolute Gasteiger partial charge is 0.342 e. The predicted octanol–water partition coefficient (Wildman–Crippen LogP) is -0.124. The molecule has 0 radical (unpaired) electrons. The van der Waals surface area contributed by atoms with Crippen molar-refractivity contribution in [2.24, 2.45) is 0 Å². The molecule has 0 aromatic rings. The molecule has 0 aromatic carbocycles. The number of rotatable bonds is 9. The number of nitrogens with zero attached hydrogens (tertiary/aromatic N) is 2. The molecule has 8 nitrogen and oxygen atoms in total. The first-order valence-electron chi connectivity index (χ1n) is 6.70. The van der Waals surface area contributed by atoms with E-state index in [0.717, 1.165) is 17.2 Å². The molecule has 0 aliphatic heterocycles. The van der Waals surface area contributed by atoms with Gasteiger partial charge in [0.25, 0.3) is 5.91 Å². The highest BCUT2D eigenvalue weighted by atomic mass is 16.7. The van der Waals surface area contributed by atoms with E-state index in [1.165, 1.54) is 19.0 Å². The van der Waals surface area contributed by atoms with Crippen molar-refractivity contribution in [3.05, 3.63) is 12.2 Å². The van der Waals surface area contributed by atoms with Crippen LogP contribution in [-0.4, -0.2) is 61.0 Å². The van der Waals surface area contributed by atoms with Crippen LogP contribution in [0.1, 0.15) is 25.7 Å². The lowest BCUT2D eigenvalue weighted by Gasteiger charge is -2.17. The molecule has 0 unspecified atom stereocenters. The number of allylic oxidation sites excluding steroid dienone is 1. The lowest BCUT2D eigenvalue weighted by molar-refractivity contribution is -0.192. The maximum atomic E-state index is 11.5. The lowest BCUT2D eigenvalue weighted by atomic mass is 10.3. The highest BCUT2D eigenvalue weighted by Crippen LogP contribution is 2.01. The summed E-state index contributed by atoms with van der Waals surface area (Å²) < 4.78 is 0. The number of hydrogen-bond donors (Lipinski definition) is 0. The molecule has 0 spiro atoms. The Bertz CT molecular complexity index is 447. The summed E-state index contributed by atoms with van der Waals surface area (Å²) in [5, 5.41) is 0.799. The molecule has 0 fully saturated rings. The van der Waals surface area contributed by atoms with E-state index in [0.29, 0.717) is 25.5 Å². The van der Waals surface area contributed by atoms with Gasteiger partial charge in [0.2, 0.25) is 5.91 Å². The number of hydrogen-bond acceptors (Lipinski definition) is 6. The van der Waals surface area contributed by atoms with Crippen LogP contribution in [0.2, 0.25) is 0 Å². The second kappa shape index (κ2) is 11.2. The summed E-state index contributed by atoms with van der Waals surface area (Å²) in [4.78, 5) is 60.7. The van der Waals surface area contributed by atoms with Crippen molar-refractivity contribution in [2.75, 3.05) is 20.6 Å². The van der Waals surface area contributed by atoms with Crippen LogP contribution in [0, 0.1) is 0 Å². The molecular weight excluding hydrogens is 292 g/mol. The first-order chi connectivity index (χ1) is 10.4. The number of likely N-dealkylation sites (N-methyl/N-ethyl adjacent to an activating group) is 1. The summed E-state index contributed by atoms with van der Waals surface area (Å²) in [5.74, 6) is -1.42. The molecule has 0 heterocycles. The van der Waals surface area contributed by atoms with Crippen LogP contribution in [0.25, 0.3) is 0 Å². The van der Waals surface area contributed by atoms with Gasteiger partial charge >= 0.3 is 5.97 Å². The van der Waals surface area contributed by atoms with Gasteiger partial charge in [0.15, 0.2) is 0 Å². The van der Waals surface area contributed by atoms with E-state index in [2.05, 4.69) is 0 Å². The van der Waals surface area contributed by atoms with Crippen LogP contribution >= 0.6 is 0 Å². The van der Waals surface area contributed by atoms with E-state index >= 15 is 0 Å². The van der Waals surface area contributed by atoms with Crippen LogP contribution in [-0.2, 0) is 28.8 Å². The van der Waals surface area contributed by atoms with Gasteiger partial charge in [0.05, 0.1) is 0 Å². The third kappa shape index (κ3) is 8.62. The van der Waals surface area contributed by atoms with E-state index in [1.54, 1.807) is 0 Å². The molecular formula is C14H20N2O6. The van der Waals surface area contributed by atoms with Crippen LogP contribution < -0.4 is 0 Å². The van der Waals surface area contributed by atoms with Crippen LogP contribution in [0.3, 0.4) is 0 Å². The zero-order valence-electron chi connectivity index (χ0n) is 12.7. The van der Waals surface area contributed by atoms with Crippen molar-refractivity contribution in [1.29, 1.82) is 0 Å². The molecule has 0 saturated heterocycles. The first kappa shape index (κ1) is 19.5. The highest BCUT2D eigenvalue weighted by Gasteiger charge is 2.14. The Balaban J connectivity index is 4.01. The Labute approximate surface area is 128 Å². The first-order valence-corrected chi connectivity index (χ1v) is 6.70. The van der Waals surface area contributed by atoms with Crippen molar-refractivity contribution < 1.29 is 28.8 Å². The standard InChI is InChI=1S/C14H20N2O6/c1-15(12(19)6-4-10-17)9-3-8-14(21)22-16(2)13(20)7-5-11-18/h4,6,10-11H,3,5,7-9H2,1-2H3/b6-4-. The number of hydroxylamine groups is 2. The molecule has 8 heteroatoms. The zero-order valence-corrected chi connectivity index (χ0v) is 12.7. The molecule has 0 atom stereocenters. The minimum atomic E-state index is -0.605. The van der Waals surface area contributed by atoms with Gasteiger partial charge in [-0.3, -0.25) is 14.4 Å². The maximum absolute atomic E-state index is 11.5. The Morgan fingerprint density at radius 3 is 2.36 bits per heavy atom. The lowest BCUT2D eigenvalue weighted by Crippen LogP contribution is -2.30. The Kier molecular flexibility index (Phi) is 9.91. The third-order valence-corrected chi connectivity index (χ3v) is 2.63. The number of carbonyl (C=O) groups excluding carboxylic acids is 5. The summed E-state index contributed by atoms with van der Waals surface area (Å²) in [6.07, 6.45) is 3.76. The van der Waals surface area contributed by atoms with E-state index in [4.69, 9.17) is 4.84 Å². The maximum Gasteiger partial charge on any atom is 0.332 e. The molecule has 0 bridgehead atoms. The SMILES string of the molecule is CN(CCCC(=O)ON(C)C(=O)CCC=O)C(=O)/C=C\C=O.